The number of carbonyl (C=O) groups excluding carboxylic acids is 2. The molecule has 1 amide bonds. The van der Waals surface area contributed by atoms with Gasteiger partial charge in [-0.1, -0.05) is 0 Å². The summed E-state index contributed by atoms with van der Waals surface area (Å²) in [6, 6.07) is 0.129. The Balaban J connectivity index is 2.05. The third-order valence-corrected chi connectivity index (χ3v) is 3.32. The third kappa shape index (κ3) is 2.38. The van der Waals surface area contributed by atoms with Crippen molar-refractivity contribution in [3.63, 3.8) is 0 Å². The third-order valence-electron chi connectivity index (χ3n) is 3.32. The number of carbonyl (C=O) groups is 2. The van der Waals surface area contributed by atoms with Crippen LogP contribution in [0, 0.1) is 6.92 Å². The van der Waals surface area contributed by atoms with Crippen LogP contribution in [0.1, 0.15) is 41.9 Å². The molecule has 0 bridgehead atoms. The van der Waals surface area contributed by atoms with Crippen molar-refractivity contribution < 1.29 is 14.0 Å². The van der Waals surface area contributed by atoms with Crippen molar-refractivity contribution in [1.29, 1.82) is 0 Å². The first-order valence-electron chi connectivity index (χ1n) is 5.78. The van der Waals surface area contributed by atoms with Gasteiger partial charge >= 0.3 is 0 Å². The Bertz CT molecular complexity index is 429. The molecule has 1 aliphatic carbocycles. The van der Waals surface area contributed by atoms with Gasteiger partial charge in [-0.15, -0.1) is 0 Å². The average Bonchev–Trinajstić information content (AvgIpc) is 2.74. The van der Waals surface area contributed by atoms with Crippen LogP contribution in [-0.4, -0.2) is 34.7 Å². The lowest BCUT2D eigenvalue weighted by atomic mass is 9.93. The van der Waals surface area contributed by atoms with E-state index in [1.165, 1.54) is 6.39 Å². The van der Waals surface area contributed by atoms with Gasteiger partial charge in [-0.05, 0) is 19.8 Å². The average molecular weight is 236 g/mol. The number of nitrogens with zero attached hydrogens (tertiary/aromatic N) is 2. The van der Waals surface area contributed by atoms with Crippen LogP contribution in [0.5, 0.6) is 0 Å². The fourth-order valence-corrected chi connectivity index (χ4v) is 2.15. The Hall–Kier alpha value is -1.65. The number of rotatable bonds is 2. The molecule has 1 heterocycles. The lowest BCUT2D eigenvalue weighted by Gasteiger charge is -2.30. The first kappa shape index (κ1) is 11.8. The molecular weight excluding hydrogens is 220 g/mol. The van der Waals surface area contributed by atoms with Gasteiger partial charge in [0.25, 0.3) is 5.91 Å². The number of ketones is 1. The number of hydrogen-bond acceptors (Lipinski definition) is 4. The van der Waals surface area contributed by atoms with Crippen LogP contribution in [0.2, 0.25) is 0 Å². The summed E-state index contributed by atoms with van der Waals surface area (Å²) in [6.45, 7) is 1.75. The Morgan fingerprint density at radius 3 is 2.65 bits per heavy atom. The molecule has 1 aliphatic rings. The summed E-state index contributed by atoms with van der Waals surface area (Å²) in [5.74, 6) is 0.432. The molecule has 1 aromatic rings. The maximum Gasteiger partial charge on any atom is 0.291 e. The van der Waals surface area contributed by atoms with E-state index >= 15 is 0 Å². The molecule has 92 valence electrons. The molecule has 0 atom stereocenters. The minimum atomic E-state index is -0.153. The van der Waals surface area contributed by atoms with Crippen molar-refractivity contribution in [3.8, 4) is 0 Å². The van der Waals surface area contributed by atoms with Crippen LogP contribution in [0.15, 0.2) is 10.8 Å². The molecule has 1 aromatic heterocycles. The predicted molar refractivity (Wildman–Crippen MR) is 60.6 cm³/mol. The Kier molecular flexibility index (Phi) is 3.26. The number of aryl methyl sites for hydroxylation is 1. The number of Topliss-reactive ketones (excluding diaryl/α,β-unsaturated/α-hetero) is 1. The Morgan fingerprint density at radius 1 is 1.47 bits per heavy atom. The molecule has 5 nitrogen and oxygen atoms in total. The molecule has 0 spiro atoms. The first-order chi connectivity index (χ1) is 8.09. The van der Waals surface area contributed by atoms with Gasteiger partial charge in [-0.25, -0.2) is 4.98 Å². The fraction of sp³-hybridized carbons (Fsp3) is 0.583. The van der Waals surface area contributed by atoms with Crippen molar-refractivity contribution in [1.82, 2.24) is 9.88 Å². The van der Waals surface area contributed by atoms with Crippen molar-refractivity contribution in [2.24, 2.45) is 0 Å². The topological polar surface area (TPSA) is 63.4 Å². The zero-order chi connectivity index (χ0) is 12.4. The first-order valence-corrected chi connectivity index (χ1v) is 5.78. The highest BCUT2D eigenvalue weighted by Crippen LogP contribution is 2.21. The molecule has 1 fully saturated rings. The van der Waals surface area contributed by atoms with Crippen molar-refractivity contribution in [3.05, 3.63) is 17.8 Å². The summed E-state index contributed by atoms with van der Waals surface area (Å²) < 4.78 is 5.09. The van der Waals surface area contributed by atoms with Crippen LogP contribution in [0.3, 0.4) is 0 Å². The van der Waals surface area contributed by atoms with Gasteiger partial charge in [0.1, 0.15) is 5.78 Å². The molecular formula is C12H16N2O3. The van der Waals surface area contributed by atoms with Gasteiger partial charge in [0.05, 0.1) is 5.69 Å². The molecule has 1 saturated carbocycles. The van der Waals surface area contributed by atoms with Crippen LogP contribution >= 0.6 is 0 Å². The van der Waals surface area contributed by atoms with Gasteiger partial charge in [0.2, 0.25) is 5.76 Å². The predicted octanol–water partition coefficient (Wildman–Crippen LogP) is 1.57. The quantitative estimate of drug-likeness (QED) is 0.781. The van der Waals surface area contributed by atoms with E-state index < -0.39 is 0 Å². The standard InChI is InChI=1S/C12H16N2O3/c1-8-11(17-7-13-8)12(16)14(2)9-3-5-10(15)6-4-9/h7,9H,3-6H2,1-2H3. The smallest absolute Gasteiger partial charge is 0.291 e. The lowest BCUT2D eigenvalue weighted by Crippen LogP contribution is -2.39. The van der Waals surface area contributed by atoms with E-state index in [0.29, 0.717) is 24.3 Å². The number of hydrogen-bond donors (Lipinski definition) is 0. The molecule has 0 aromatic carbocycles. The minimum absolute atomic E-state index is 0.129. The van der Waals surface area contributed by atoms with Crippen LogP contribution in [0.25, 0.3) is 0 Å². The van der Waals surface area contributed by atoms with E-state index in [9.17, 15) is 9.59 Å². The van der Waals surface area contributed by atoms with Crippen LogP contribution in [0.4, 0.5) is 0 Å². The second-order valence-corrected chi connectivity index (χ2v) is 4.45. The summed E-state index contributed by atoms with van der Waals surface area (Å²) in [7, 11) is 1.75. The zero-order valence-corrected chi connectivity index (χ0v) is 10.1. The van der Waals surface area contributed by atoms with Gasteiger partial charge in [0.15, 0.2) is 6.39 Å². The second-order valence-electron chi connectivity index (χ2n) is 4.45. The summed E-state index contributed by atoms with van der Waals surface area (Å²) >= 11 is 0. The van der Waals surface area contributed by atoms with E-state index in [1.807, 2.05) is 0 Å². The van der Waals surface area contributed by atoms with Crippen LogP contribution < -0.4 is 0 Å². The van der Waals surface area contributed by atoms with E-state index in [-0.39, 0.29) is 17.7 Å². The largest absolute Gasteiger partial charge is 0.438 e. The molecule has 2 rings (SSSR count). The summed E-state index contributed by atoms with van der Waals surface area (Å²) in [5.41, 5.74) is 0.605. The number of aromatic nitrogens is 1. The monoisotopic (exact) mass is 236 g/mol. The van der Waals surface area contributed by atoms with Gasteiger partial charge in [-0.2, -0.15) is 0 Å². The van der Waals surface area contributed by atoms with Gasteiger partial charge in [-0.3, -0.25) is 9.59 Å². The number of oxazole rings is 1. The molecule has 0 unspecified atom stereocenters. The molecule has 17 heavy (non-hydrogen) atoms. The highest BCUT2D eigenvalue weighted by atomic mass is 16.3. The molecule has 0 saturated heterocycles. The maximum atomic E-state index is 12.1. The van der Waals surface area contributed by atoms with E-state index in [0.717, 1.165) is 12.8 Å². The van der Waals surface area contributed by atoms with E-state index in [1.54, 1.807) is 18.9 Å². The summed E-state index contributed by atoms with van der Waals surface area (Å²) in [6.07, 6.45) is 3.90. The minimum Gasteiger partial charge on any atom is -0.438 e. The molecule has 5 heteroatoms. The van der Waals surface area contributed by atoms with Crippen molar-refractivity contribution in [2.45, 2.75) is 38.6 Å². The molecule has 0 radical (unpaired) electrons. The fourth-order valence-electron chi connectivity index (χ4n) is 2.15. The van der Waals surface area contributed by atoms with Gasteiger partial charge < -0.3 is 9.32 Å². The highest BCUT2D eigenvalue weighted by molar-refractivity contribution is 5.92. The Labute approximate surface area is 99.8 Å². The highest BCUT2D eigenvalue weighted by Gasteiger charge is 2.28. The normalized spacial score (nSPS) is 17.2. The second kappa shape index (κ2) is 4.69. The van der Waals surface area contributed by atoms with E-state index in [4.69, 9.17) is 4.42 Å². The van der Waals surface area contributed by atoms with Crippen molar-refractivity contribution in [2.75, 3.05) is 7.05 Å². The summed E-state index contributed by atoms with van der Waals surface area (Å²) in [4.78, 5) is 28.8. The zero-order valence-electron chi connectivity index (χ0n) is 10.1. The molecule has 0 N–H and O–H groups in total. The number of amides is 1. The Morgan fingerprint density at radius 2 is 2.12 bits per heavy atom. The summed E-state index contributed by atoms with van der Waals surface area (Å²) in [5, 5.41) is 0. The van der Waals surface area contributed by atoms with Gasteiger partial charge in [0, 0.05) is 25.9 Å². The molecule has 0 aliphatic heterocycles. The van der Waals surface area contributed by atoms with E-state index in [2.05, 4.69) is 4.98 Å². The maximum absolute atomic E-state index is 12.1. The lowest BCUT2D eigenvalue weighted by molar-refractivity contribution is -0.121. The SMILES string of the molecule is Cc1ncoc1C(=O)N(C)C1CCC(=O)CC1. The van der Waals surface area contributed by atoms with Crippen LogP contribution in [-0.2, 0) is 4.79 Å². The van der Waals surface area contributed by atoms with Crippen molar-refractivity contribution >= 4 is 11.7 Å².